The Morgan fingerprint density at radius 2 is 2.00 bits per heavy atom. The highest BCUT2D eigenvalue weighted by Crippen LogP contribution is 2.33. The van der Waals surface area contributed by atoms with Crippen LogP contribution >= 0.6 is 12.4 Å². The van der Waals surface area contributed by atoms with Gasteiger partial charge in [0.15, 0.2) is 0 Å². The van der Waals surface area contributed by atoms with Crippen molar-refractivity contribution >= 4 is 18.3 Å². The molecule has 1 aliphatic carbocycles. The predicted molar refractivity (Wildman–Crippen MR) is 67.9 cm³/mol. The third-order valence-electron chi connectivity index (χ3n) is 4.16. The second-order valence-corrected chi connectivity index (χ2v) is 4.99. The summed E-state index contributed by atoms with van der Waals surface area (Å²) >= 11 is 0. The van der Waals surface area contributed by atoms with Crippen LogP contribution in [0, 0.1) is 5.41 Å². The predicted octanol–water partition coefficient (Wildman–Crippen LogP) is 1.86. The number of rotatable bonds is 3. The van der Waals surface area contributed by atoms with Gasteiger partial charge in [-0.1, -0.05) is 6.92 Å². The van der Waals surface area contributed by atoms with E-state index in [0.29, 0.717) is 11.9 Å². The van der Waals surface area contributed by atoms with E-state index < -0.39 is 0 Å². The molecule has 94 valence electrons. The maximum absolute atomic E-state index is 12.2. The van der Waals surface area contributed by atoms with Crippen LogP contribution in [0.15, 0.2) is 0 Å². The average Bonchev–Trinajstić information content (AvgIpc) is 2.24. The molecule has 1 saturated carbocycles. The third-order valence-corrected chi connectivity index (χ3v) is 4.16. The molecular formula is C12H23ClN2O. The summed E-state index contributed by atoms with van der Waals surface area (Å²) in [4.78, 5) is 12.2. The van der Waals surface area contributed by atoms with Crippen molar-refractivity contribution in [2.45, 2.75) is 51.5 Å². The summed E-state index contributed by atoms with van der Waals surface area (Å²) < 4.78 is 0. The topological polar surface area (TPSA) is 41.1 Å². The number of hydrogen-bond donors (Lipinski definition) is 2. The van der Waals surface area contributed by atoms with Crippen molar-refractivity contribution < 1.29 is 4.79 Å². The van der Waals surface area contributed by atoms with E-state index in [0.717, 1.165) is 32.4 Å². The van der Waals surface area contributed by atoms with Gasteiger partial charge in [0.1, 0.15) is 0 Å². The van der Waals surface area contributed by atoms with Gasteiger partial charge in [0.05, 0.1) is 5.41 Å². The number of nitrogens with one attached hydrogen (secondary N) is 2. The molecule has 2 fully saturated rings. The molecule has 16 heavy (non-hydrogen) atoms. The van der Waals surface area contributed by atoms with Gasteiger partial charge in [-0.15, -0.1) is 12.4 Å². The van der Waals surface area contributed by atoms with Crippen LogP contribution in [0.25, 0.3) is 0 Å². The van der Waals surface area contributed by atoms with Gasteiger partial charge < -0.3 is 10.6 Å². The van der Waals surface area contributed by atoms with Crippen molar-refractivity contribution in [1.82, 2.24) is 10.6 Å². The van der Waals surface area contributed by atoms with E-state index >= 15 is 0 Å². The molecule has 2 N–H and O–H groups in total. The van der Waals surface area contributed by atoms with Crippen LogP contribution in [0.1, 0.15) is 45.4 Å². The Hall–Kier alpha value is -0.280. The molecule has 0 aromatic carbocycles. The molecule has 0 unspecified atom stereocenters. The molecule has 0 atom stereocenters. The zero-order valence-electron chi connectivity index (χ0n) is 10.1. The first-order valence-corrected chi connectivity index (χ1v) is 6.28. The molecule has 4 heteroatoms. The third kappa shape index (κ3) is 2.69. The zero-order valence-corrected chi connectivity index (χ0v) is 10.9. The first-order valence-electron chi connectivity index (χ1n) is 6.28. The zero-order chi connectivity index (χ0) is 10.7. The van der Waals surface area contributed by atoms with E-state index in [2.05, 4.69) is 17.6 Å². The van der Waals surface area contributed by atoms with Gasteiger partial charge in [-0.3, -0.25) is 4.79 Å². The number of carbonyl (C=O) groups is 1. The average molecular weight is 247 g/mol. The van der Waals surface area contributed by atoms with Crippen molar-refractivity contribution in [2.75, 3.05) is 13.1 Å². The van der Waals surface area contributed by atoms with E-state index in [4.69, 9.17) is 0 Å². The highest BCUT2D eigenvalue weighted by molar-refractivity contribution is 5.85. The number of carbonyl (C=O) groups excluding carboxylic acids is 1. The van der Waals surface area contributed by atoms with Gasteiger partial charge in [0.25, 0.3) is 0 Å². The van der Waals surface area contributed by atoms with E-state index in [1.165, 1.54) is 19.3 Å². The molecule has 0 spiro atoms. The van der Waals surface area contributed by atoms with Crippen LogP contribution in [-0.4, -0.2) is 25.0 Å². The van der Waals surface area contributed by atoms with Crippen molar-refractivity contribution in [3.8, 4) is 0 Å². The summed E-state index contributed by atoms with van der Waals surface area (Å²) in [6.07, 6.45) is 6.64. The van der Waals surface area contributed by atoms with Crippen molar-refractivity contribution in [3.05, 3.63) is 0 Å². The van der Waals surface area contributed by atoms with Crippen LogP contribution in [0.5, 0.6) is 0 Å². The minimum atomic E-state index is -0.0686. The Labute approximate surface area is 104 Å². The van der Waals surface area contributed by atoms with E-state index in [9.17, 15) is 4.79 Å². The molecule has 1 heterocycles. The highest BCUT2D eigenvalue weighted by atomic mass is 35.5. The van der Waals surface area contributed by atoms with Gasteiger partial charge in [-0.05, 0) is 51.6 Å². The highest BCUT2D eigenvalue weighted by Gasteiger charge is 2.38. The Balaban J connectivity index is 0.00000128. The number of amides is 1. The SMILES string of the molecule is CCC1(C(=O)NC2CCC2)CCNCC1.Cl. The van der Waals surface area contributed by atoms with Gasteiger partial charge in [0, 0.05) is 6.04 Å². The second kappa shape index (κ2) is 5.87. The van der Waals surface area contributed by atoms with Crippen molar-refractivity contribution in [3.63, 3.8) is 0 Å². The first kappa shape index (κ1) is 13.8. The number of hydrogen-bond acceptors (Lipinski definition) is 2. The molecule has 0 bridgehead atoms. The summed E-state index contributed by atoms with van der Waals surface area (Å²) in [7, 11) is 0. The molecule has 0 aromatic rings. The van der Waals surface area contributed by atoms with Crippen LogP contribution in [0.3, 0.4) is 0 Å². The summed E-state index contributed by atoms with van der Waals surface area (Å²) in [5, 5.41) is 6.54. The van der Waals surface area contributed by atoms with Gasteiger partial charge in [0.2, 0.25) is 5.91 Å². The van der Waals surface area contributed by atoms with Gasteiger partial charge in [-0.25, -0.2) is 0 Å². The Bertz CT molecular complexity index is 235. The molecule has 1 amide bonds. The molecule has 1 aliphatic heterocycles. The lowest BCUT2D eigenvalue weighted by molar-refractivity contribution is -0.134. The van der Waals surface area contributed by atoms with Crippen LogP contribution in [0.4, 0.5) is 0 Å². The molecular weight excluding hydrogens is 224 g/mol. The smallest absolute Gasteiger partial charge is 0.226 e. The molecule has 2 rings (SSSR count). The summed E-state index contributed by atoms with van der Waals surface area (Å²) in [5.74, 6) is 0.316. The molecule has 2 aliphatic rings. The van der Waals surface area contributed by atoms with E-state index in [1.54, 1.807) is 0 Å². The van der Waals surface area contributed by atoms with Crippen LogP contribution < -0.4 is 10.6 Å². The summed E-state index contributed by atoms with van der Waals surface area (Å²) in [5.41, 5.74) is -0.0686. The van der Waals surface area contributed by atoms with Crippen molar-refractivity contribution in [2.24, 2.45) is 5.41 Å². The fraction of sp³-hybridized carbons (Fsp3) is 0.917. The largest absolute Gasteiger partial charge is 0.353 e. The fourth-order valence-electron chi connectivity index (χ4n) is 2.54. The standard InChI is InChI=1S/C12H22N2O.ClH/c1-2-12(6-8-13-9-7-12)11(15)14-10-4-3-5-10;/h10,13H,2-9H2,1H3,(H,14,15);1H. The Morgan fingerprint density at radius 3 is 2.44 bits per heavy atom. The van der Waals surface area contributed by atoms with Crippen molar-refractivity contribution in [1.29, 1.82) is 0 Å². The van der Waals surface area contributed by atoms with Crippen LogP contribution in [-0.2, 0) is 4.79 Å². The van der Waals surface area contributed by atoms with Gasteiger partial charge >= 0.3 is 0 Å². The molecule has 0 aromatic heterocycles. The molecule has 1 saturated heterocycles. The van der Waals surface area contributed by atoms with Gasteiger partial charge in [-0.2, -0.15) is 0 Å². The van der Waals surface area contributed by atoms with E-state index in [1.807, 2.05) is 0 Å². The Morgan fingerprint density at radius 1 is 1.38 bits per heavy atom. The lowest BCUT2D eigenvalue weighted by Gasteiger charge is -2.38. The molecule has 3 nitrogen and oxygen atoms in total. The summed E-state index contributed by atoms with van der Waals surface area (Å²) in [6.45, 7) is 4.13. The maximum atomic E-state index is 12.2. The molecule has 0 radical (unpaired) electrons. The summed E-state index contributed by atoms with van der Waals surface area (Å²) in [6, 6.07) is 0.482. The quantitative estimate of drug-likeness (QED) is 0.798. The lowest BCUT2D eigenvalue weighted by atomic mass is 9.75. The minimum Gasteiger partial charge on any atom is -0.353 e. The normalized spacial score (nSPS) is 24.1. The Kier molecular flexibility index (Phi) is 5.06. The first-order chi connectivity index (χ1) is 7.27. The maximum Gasteiger partial charge on any atom is 0.226 e. The number of halogens is 1. The monoisotopic (exact) mass is 246 g/mol. The number of piperidine rings is 1. The minimum absolute atomic E-state index is 0. The van der Waals surface area contributed by atoms with E-state index in [-0.39, 0.29) is 17.8 Å². The lowest BCUT2D eigenvalue weighted by Crippen LogP contribution is -2.51. The second-order valence-electron chi connectivity index (χ2n) is 4.99. The van der Waals surface area contributed by atoms with Crippen LogP contribution in [0.2, 0.25) is 0 Å². The fourth-order valence-corrected chi connectivity index (χ4v) is 2.54.